The lowest BCUT2D eigenvalue weighted by Crippen LogP contribution is -2.42. The van der Waals surface area contributed by atoms with E-state index in [2.05, 4.69) is 0 Å². The van der Waals surface area contributed by atoms with E-state index in [0.29, 0.717) is 6.54 Å². The van der Waals surface area contributed by atoms with Gasteiger partial charge in [-0.3, -0.25) is 0 Å². The molecule has 58 valence electrons. The van der Waals surface area contributed by atoms with E-state index in [9.17, 15) is 4.79 Å². The first kappa shape index (κ1) is 7.34. The van der Waals surface area contributed by atoms with Crippen molar-refractivity contribution < 1.29 is 4.79 Å². The molecule has 4 N–H and O–H groups in total. The number of nitrogens with zero attached hydrogens (tertiary/aromatic N) is 1. The third-order valence-corrected chi connectivity index (χ3v) is 1.93. The highest BCUT2D eigenvalue weighted by Crippen LogP contribution is 2.14. The lowest BCUT2D eigenvalue weighted by Gasteiger charge is -2.20. The Balaban J connectivity index is 2.50. The van der Waals surface area contributed by atoms with Crippen LogP contribution in [-0.4, -0.2) is 30.1 Å². The van der Waals surface area contributed by atoms with Crippen molar-refractivity contribution in [2.24, 2.45) is 11.5 Å². The highest BCUT2D eigenvalue weighted by Gasteiger charge is 2.25. The molecule has 1 heterocycles. The van der Waals surface area contributed by atoms with E-state index in [4.69, 9.17) is 11.5 Å². The van der Waals surface area contributed by atoms with Gasteiger partial charge in [0.1, 0.15) is 0 Å². The van der Waals surface area contributed by atoms with Crippen LogP contribution < -0.4 is 11.5 Å². The average molecular weight is 143 g/mol. The molecule has 4 heteroatoms. The third-order valence-electron chi connectivity index (χ3n) is 1.93. The molecule has 1 aliphatic rings. The maximum Gasteiger partial charge on any atom is 0.315 e. The molecule has 0 aromatic heterocycles. The summed E-state index contributed by atoms with van der Waals surface area (Å²) in [6.45, 7) is 1.31. The molecule has 1 rings (SSSR count). The zero-order valence-electron chi connectivity index (χ0n) is 5.92. The first-order valence-corrected chi connectivity index (χ1v) is 3.52. The number of carbonyl (C=O) groups is 1. The van der Waals surface area contributed by atoms with Gasteiger partial charge >= 0.3 is 6.03 Å². The zero-order chi connectivity index (χ0) is 7.56. The summed E-state index contributed by atoms with van der Waals surface area (Å²) < 4.78 is 0. The second kappa shape index (κ2) is 2.88. The van der Waals surface area contributed by atoms with Crippen molar-refractivity contribution in [1.82, 2.24) is 4.90 Å². The predicted molar refractivity (Wildman–Crippen MR) is 38.4 cm³/mol. The van der Waals surface area contributed by atoms with Crippen LogP contribution in [0.25, 0.3) is 0 Å². The Morgan fingerprint density at radius 3 is 2.80 bits per heavy atom. The number of hydrogen-bond donors (Lipinski definition) is 2. The van der Waals surface area contributed by atoms with Crippen molar-refractivity contribution in [2.75, 3.05) is 13.1 Å². The van der Waals surface area contributed by atoms with Crippen LogP contribution in [0.1, 0.15) is 12.8 Å². The molecule has 1 aliphatic heterocycles. The summed E-state index contributed by atoms with van der Waals surface area (Å²) in [5.74, 6) is 0. The predicted octanol–water partition coefficient (Wildman–Crippen LogP) is -0.512. The molecule has 0 spiro atoms. The van der Waals surface area contributed by atoms with Gasteiger partial charge in [0.05, 0.1) is 0 Å². The van der Waals surface area contributed by atoms with Crippen molar-refractivity contribution >= 4 is 6.03 Å². The quantitative estimate of drug-likeness (QED) is 0.518. The van der Waals surface area contributed by atoms with Gasteiger partial charge in [-0.15, -0.1) is 0 Å². The summed E-state index contributed by atoms with van der Waals surface area (Å²) in [6, 6.07) is -0.148. The number of nitrogens with two attached hydrogens (primary N) is 2. The van der Waals surface area contributed by atoms with Gasteiger partial charge in [0.15, 0.2) is 0 Å². The van der Waals surface area contributed by atoms with Crippen LogP contribution in [-0.2, 0) is 0 Å². The molecule has 0 aromatic carbocycles. The van der Waals surface area contributed by atoms with Gasteiger partial charge in [-0.2, -0.15) is 0 Å². The van der Waals surface area contributed by atoms with Crippen molar-refractivity contribution in [3.05, 3.63) is 0 Å². The Labute approximate surface area is 60.2 Å². The standard InChI is InChI=1S/C6H13N3O/c7-4-5-2-1-3-9(5)6(8)10/h5H,1-4,7H2,(H2,8,10). The molecule has 0 aliphatic carbocycles. The molecular weight excluding hydrogens is 130 g/mol. The summed E-state index contributed by atoms with van der Waals surface area (Å²) in [5, 5.41) is 0. The van der Waals surface area contributed by atoms with Crippen molar-refractivity contribution in [3.8, 4) is 0 Å². The minimum absolute atomic E-state index is 0.192. The molecular formula is C6H13N3O. The minimum Gasteiger partial charge on any atom is -0.351 e. The first-order chi connectivity index (χ1) is 4.75. The average Bonchev–Trinajstić information content (AvgIpc) is 2.33. The molecule has 2 amide bonds. The Morgan fingerprint density at radius 1 is 1.70 bits per heavy atom. The lowest BCUT2D eigenvalue weighted by molar-refractivity contribution is 0.203. The van der Waals surface area contributed by atoms with Gasteiger partial charge in [0, 0.05) is 19.1 Å². The Kier molecular flexibility index (Phi) is 2.11. The van der Waals surface area contributed by atoms with Gasteiger partial charge < -0.3 is 16.4 Å². The molecule has 1 saturated heterocycles. The lowest BCUT2D eigenvalue weighted by atomic mass is 10.2. The normalized spacial score (nSPS) is 25.3. The number of rotatable bonds is 1. The Bertz CT molecular complexity index is 137. The second-order valence-corrected chi connectivity index (χ2v) is 2.56. The Hall–Kier alpha value is -0.770. The molecule has 10 heavy (non-hydrogen) atoms. The number of urea groups is 1. The highest BCUT2D eigenvalue weighted by atomic mass is 16.2. The van der Waals surface area contributed by atoms with Crippen molar-refractivity contribution in [3.63, 3.8) is 0 Å². The topological polar surface area (TPSA) is 72.3 Å². The van der Waals surface area contributed by atoms with Gasteiger partial charge in [-0.1, -0.05) is 0 Å². The first-order valence-electron chi connectivity index (χ1n) is 3.52. The van der Waals surface area contributed by atoms with Gasteiger partial charge in [-0.25, -0.2) is 4.79 Å². The number of carbonyl (C=O) groups excluding carboxylic acids is 1. The fraction of sp³-hybridized carbons (Fsp3) is 0.833. The van der Waals surface area contributed by atoms with E-state index in [1.807, 2.05) is 0 Å². The largest absolute Gasteiger partial charge is 0.351 e. The molecule has 1 unspecified atom stereocenters. The molecule has 0 saturated carbocycles. The zero-order valence-corrected chi connectivity index (χ0v) is 5.92. The van der Waals surface area contributed by atoms with Crippen molar-refractivity contribution in [1.29, 1.82) is 0 Å². The number of hydrogen-bond acceptors (Lipinski definition) is 2. The van der Waals surface area contributed by atoms with Crippen molar-refractivity contribution in [2.45, 2.75) is 18.9 Å². The smallest absolute Gasteiger partial charge is 0.315 e. The van der Waals surface area contributed by atoms with E-state index in [-0.39, 0.29) is 12.1 Å². The van der Waals surface area contributed by atoms with Crippen LogP contribution in [0.15, 0.2) is 0 Å². The van der Waals surface area contributed by atoms with Gasteiger partial charge in [0.2, 0.25) is 0 Å². The SMILES string of the molecule is NCC1CCCN1C(N)=O. The summed E-state index contributed by atoms with van der Waals surface area (Å²) >= 11 is 0. The fourth-order valence-corrected chi connectivity index (χ4v) is 1.37. The fourth-order valence-electron chi connectivity index (χ4n) is 1.37. The maximum atomic E-state index is 10.7. The van der Waals surface area contributed by atoms with E-state index >= 15 is 0 Å². The van der Waals surface area contributed by atoms with E-state index in [1.54, 1.807) is 4.90 Å². The molecule has 0 aromatic rings. The summed E-state index contributed by atoms with van der Waals surface area (Å²) in [7, 11) is 0. The van der Waals surface area contributed by atoms with E-state index in [1.165, 1.54) is 0 Å². The molecule has 0 bridgehead atoms. The van der Waals surface area contributed by atoms with Crippen LogP contribution in [0.4, 0.5) is 4.79 Å². The number of primary amides is 1. The van der Waals surface area contributed by atoms with Gasteiger partial charge in [0.25, 0.3) is 0 Å². The monoisotopic (exact) mass is 143 g/mol. The molecule has 1 fully saturated rings. The van der Waals surface area contributed by atoms with Gasteiger partial charge in [-0.05, 0) is 12.8 Å². The summed E-state index contributed by atoms with van der Waals surface area (Å²) in [6.07, 6.45) is 2.03. The molecule has 1 atom stereocenters. The molecule has 4 nitrogen and oxygen atoms in total. The Morgan fingerprint density at radius 2 is 2.40 bits per heavy atom. The summed E-state index contributed by atoms with van der Waals surface area (Å²) in [5.41, 5.74) is 10.5. The van der Waals surface area contributed by atoms with Crippen LogP contribution in [0.2, 0.25) is 0 Å². The van der Waals surface area contributed by atoms with Crippen LogP contribution in [0, 0.1) is 0 Å². The van der Waals surface area contributed by atoms with Crippen LogP contribution in [0.3, 0.4) is 0 Å². The van der Waals surface area contributed by atoms with Crippen LogP contribution in [0.5, 0.6) is 0 Å². The van der Waals surface area contributed by atoms with E-state index in [0.717, 1.165) is 19.4 Å². The third kappa shape index (κ3) is 1.21. The molecule has 0 radical (unpaired) electrons. The summed E-state index contributed by atoms with van der Waals surface area (Å²) in [4.78, 5) is 12.3. The minimum atomic E-state index is -0.340. The van der Waals surface area contributed by atoms with E-state index < -0.39 is 0 Å². The van der Waals surface area contributed by atoms with Crippen LogP contribution >= 0.6 is 0 Å². The number of likely N-dealkylation sites (tertiary alicyclic amines) is 1. The maximum absolute atomic E-state index is 10.7. The second-order valence-electron chi connectivity index (χ2n) is 2.56. The highest BCUT2D eigenvalue weighted by molar-refractivity contribution is 5.72. The number of amides is 2.